The standard InChI is InChI=1S/C9H17NO4/c1-4-7(13-5-2)10-8(11)9(12)14-6-3/h7H,4-6H2,1-3H3,(H,10,11). The minimum atomic E-state index is -0.870. The van der Waals surface area contributed by atoms with Gasteiger partial charge in [-0.2, -0.15) is 0 Å². The number of amides is 1. The van der Waals surface area contributed by atoms with Crippen molar-refractivity contribution in [2.24, 2.45) is 0 Å². The zero-order chi connectivity index (χ0) is 11.0. The largest absolute Gasteiger partial charge is 0.459 e. The van der Waals surface area contributed by atoms with Crippen LogP contribution in [-0.2, 0) is 19.1 Å². The van der Waals surface area contributed by atoms with Crippen molar-refractivity contribution < 1.29 is 19.1 Å². The quantitative estimate of drug-likeness (QED) is 0.400. The lowest BCUT2D eigenvalue weighted by Crippen LogP contribution is -2.41. The van der Waals surface area contributed by atoms with E-state index in [0.29, 0.717) is 13.0 Å². The van der Waals surface area contributed by atoms with Gasteiger partial charge in [-0.15, -0.1) is 0 Å². The zero-order valence-electron chi connectivity index (χ0n) is 8.83. The molecule has 0 radical (unpaired) electrons. The molecule has 1 atom stereocenters. The highest BCUT2D eigenvalue weighted by molar-refractivity contribution is 6.32. The van der Waals surface area contributed by atoms with E-state index in [1.54, 1.807) is 6.92 Å². The highest BCUT2D eigenvalue weighted by Crippen LogP contribution is 1.93. The Bertz CT molecular complexity index is 193. The summed E-state index contributed by atoms with van der Waals surface area (Å²) in [5.74, 6) is -1.63. The maximum Gasteiger partial charge on any atom is 0.396 e. The highest BCUT2D eigenvalue weighted by Gasteiger charge is 2.18. The van der Waals surface area contributed by atoms with Gasteiger partial charge in [0.15, 0.2) is 0 Å². The monoisotopic (exact) mass is 203 g/mol. The maximum absolute atomic E-state index is 11.1. The van der Waals surface area contributed by atoms with Gasteiger partial charge in [-0.3, -0.25) is 4.79 Å². The Labute approximate surface area is 83.8 Å². The molecule has 5 nitrogen and oxygen atoms in total. The molecular formula is C9H17NO4. The fourth-order valence-electron chi connectivity index (χ4n) is 0.865. The van der Waals surface area contributed by atoms with Gasteiger partial charge in [0.25, 0.3) is 0 Å². The first-order valence-corrected chi connectivity index (χ1v) is 4.74. The minimum absolute atomic E-state index is 0.192. The summed E-state index contributed by atoms with van der Waals surface area (Å²) in [7, 11) is 0. The van der Waals surface area contributed by atoms with Gasteiger partial charge in [0.2, 0.25) is 0 Å². The van der Waals surface area contributed by atoms with Gasteiger partial charge in [0.05, 0.1) is 6.61 Å². The molecule has 0 bridgehead atoms. The van der Waals surface area contributed by atoms with E-state index >= 15 is 0 Å². The third-order valence-electron chi connectivity index (χ3n) is 1.49. The smallest absolute Gasteiger partial charge is 0.396 e. The summed E-state index contributed by atoms with van der Waals surface area (Å²) in [4.78, 5) is 22.0. The summed E-state index contributed by atoms with van der Waals surface area (Å²) in [5, 5.41) is 2.42. The molecule has 1 unspecified atom stereocenters. The van der Waals surface area contributed by atoms with Crippen molar-refractivity contribution in [2.45, 2.75) is 33.4 Å². The van der Waals surface area contributed by atoms with Crippen LogP contribution in [0, 0.1) is 0 Å². The first-order chi connectivity index (χ1) is 6.65. The first-order valence-electron chi connectivity index (χ1n) is 4.74. The van der Waals surface area contributed by atoms with Crippen molar-refractivity contribution in [3.05, 3.63) is 0 Å². The lowest BCUT2D eigenvalue weighted by atomic mass is 10.4. The Hall–Kier alpha value is -1.10. The molecule has 0 aromatic heterocycles. The van der Waals surface area contributed by atoms with E-state index < -0.39 is 18.1 Å². The van der Waals surface area contributed by atoms with Gasteiger partial charge < -0.3 is 14.8 Å². The molecule has 0 heterocycles. The normalized spacial score (nSPS) is 11.9. The highest BCUT2D eigenvalue weighted by atomic mass is 16.5. The van der Waals surface area contributed by atoms with Crippen LogP contribution >= 0.6 is 0 Å². The Balaban J connectivity index is 3.95. The molecule has 0 aliphatic rings. The number of rotatable bonds is 5. The molecule has 0 rings (SSSR count). The summed E-state index contributed by atoms with van der Waals surface area (Å²) < 4.78 is 9.67. The first kappa shape index (κ1) is 12.9. The molecular weight excluding hydrogens is 186 g/mol. The van der Waals surface area contributed by atoms with Gasteiger partial charge in [-0.05, 0) is 20.3 Å². The summed E-state index contributed by atoms with van der Waals surface area (Å²) in [6.45, 7) is 6.00. The number of carbonyl (C=O) groups excluding carboxylic acids is 2. The molecule has 0 aromatic carbocycles. The third kappa shape index (κ3) is 4.81. The van der Waals surface area contributed by atoms with Gasteiger partial charge in [-0.1, -0.05) is 6.92 Å². The summed E-state index contributed by atoms with van der Waals surface area (Å²) in [5.41, 5.74) is 0. The summed E-state index contributed by atoms with van der Waals surface area (Å²) in [6.07, 6.45) is 0.191. The molecule has 1 amide bonds. The topological polar surface area (TPSA) is 64.6 Å². The average molecular weight is 203 g/mol. The summed E-state index contributed by atoms with van der Waals surface area (Å²) in [6, 6.07) is 0. The van der Waals surface area contributed by atoms with E-state index in [1.165, 1.54) is 0 Å². The molecule has 0 aliphatic carbocycles. The lowest BCUT2D eigenvalue weighted by Gasteiger charge is -2.15. The lowest BCUT2D eigenvalue weighted by molar-refractivity contribution is -0.156. The predicted octanol–water partition coefficient (Wildman–Crippen LogP) is 0.438. The Morgan fingerprint density at radius 3 is 2.29 bits per heavy atom. The predicted molar refractivity (Wildman–Crippen MR) is 50.5 cm³/mol. The van der Waals surface area contributed by atoms with Crippen LogP contribution in [0.2, 0.25) is 0 Å². The van der Waals surface area contributed by atoms with Gasteiger partial charge in [0, 0.05) is 6.61 Å². The van der Waals surface area contributed by atoms with E-state index in [2.05, 4.69) is 10.1 Å². The van der Waals surface area contributed by atoms with Crippen LogP contribution < -0.4 is 5.32 Å². The van der Waals surface area contributed by atoms with E-state index in [1.807, 2.05) is 13.8 Å². The Morgan fingerprint density at radius 1 is 1.21 bits per heavy atom. The van der Waals surface area contributed by atoms with Crippen molar-refractivity contribution in [3.8, 4) is 0 Å². The Morgan fingerprint density at radius 2 is 1.86 bits per heavy atom. The van der Waals surface area contributed by atoms with Crippen LogP contribution in [0.15, 0.2) is 0 Å². The van der Waals surface area contributed by atoms with Crippen LogP contribution in [-0.4, -0.2) is 31.3 Å². The molecule has 0 aliphatic heterocycles. The van der Waals surface area contributed by atoms with Crippen molar-refractivity contribution in [3.63, 3.8) is 0 Å². The average Bonchev–Trinajstić information content (AvgIpc) is 2.17. The molecule has 0 saturated heterocycles. The number of hydrogen-bond donors (Lipinski definition) is 1. The Kier molecular flexibility index (Phi) is 6.74. The molecule has 0 fully saturated rings. The molecule has 0 aromatic rings. The van der Waals surface area contributed by atoms with Crippen molar-refractivity contribution in [1.29, 1.82) is 0 Å². The van der Waals surface area contributed by atoms with Crippen LogP contribution in [0.5, 0.6) is 0 Å². The third-order valence-corrected chi connectivity index (χ3v) is 1.49. The van der Waals surface area contributed by atoms with Gasteiger partial charge in [-0.25, -0.2) is 4.79 Å². The fourth-order valence-corrected chi connectivity index (χ4v) is 0.865. The van der Waals surface area contributed by atoms with Crippen molar-refractivity contribution in [1.82, 2.24) is 5.32 Å². The van der Waals surface area contributed by atoms with Crippen LogP contribution in [0.1, 0.15) is 27.2 Å². The van der Waals surface area contributed by atoms with Crippen LogP contribution in [0.3, 0.4) is 0 Å². The number of carbonyl (C=O) groups is 2. The van der Waals surface area contributed by atoms with E-state index in [-0.39, 0.29) is 6.61 Å². The zero-order valence-corrected chi connectivity index (χ0v) is 8.83. The summed E-state index contributed by atoms with van der Waals surface area (Å²) >= 11 is 0. The van der Waals surface area contributed by atoms with Gasteiger partial charge >= 0.3 is 11.9 Å². The SMILES string of the molecule is CCOC(=O)C(=O)NC(CC)OCC. The van der Waals surface area contributed by atoms with Crippen molar-refractivity contribution >= 4 is 11.9 Å². The van der Waals surface area contributed by atoms with Crippen molar-refractivity contribution in [2.75, 3.05) is 13.2 Å². The number of nitrogens with one attached hydrogen (secondary N) is 1. The van der Waals surface area contributed by atoms with E-state index in [4.69, 9.17) is 4.74 Å². The molecule has 0 saturated carbocycles. The second-order valence-corrected chi connectivity index (χ2v) is 2.55. The number of ether oxygens (including phenoxy) is 2. The molecule has 82 valence electrons. The molecule has 1 N–H and O–H groups in total. The van der Waals surface area contributed by atoms with Crippen LogP contribution in [0.25, 0.3) is 0 Å². The fraction of sp³-hybridized carbons (Fsp3) is 0.778. The number of esters is 1. The number of hydrogen-bond acceptors (Lipinski definition) is 4. The van der Waals surface area contributed by atoms with E-state index in [0.717, 1.165) is 0 Å². The van der Waals surface area contributed by atoms with E-state index in [9.17, 15) is 9.59 Å². The molecule has 5 heteroatoms. The second-order valence-electron chi connectivity index (χ2n) is 2.55. The van der Waals surface area contributed by atoms with Gasteiger partial charge in [0.1, 0.15) is 6.23 Å². The molecule has 0 spiro atoms. The minimum Gasteiger partial charge on any atom is -0.459 e. The van der Waals surface area contributed by atoms with Crippen LogP contribution in [0.4, 0.5) is 0 Å². The maximum atomic E-state index is 11.1. The second kappa shape index (κ2) is 7.32. The molecule has 14 heavy (non-hydrogen) atoms.